The highest BCUT2D eigenvalue weighted by Crippen LogP contribution is 2.32. The highest BCUT2D eigenvalue weighted by Gasteiger charge is 2.16. The molecular formula is C13H10N4O4. The third-order valence-corrected chi connectivity index (χ3v) is 3.18. The Morgan fingerprint density at radius 2 is 2.05 bits per heavy atom. The fraction of sp³-hybridized carbons (Fsp3) is 0.0769. The molecule has 3 rings (SSSR count). The molecule has 0 aliphatic heterocycles. The maximum atomic E-state index is 11.3. The quantitative estimate of drug-likeness (QED) is 0.489. The van der Waals surface area contributed by atoms with Crippen LogP contribution in [0.25, 0.3) is 22.3 Å². The lowest BCUT2D eigenvalue weighted by Gasteiger charge is -2.06. The number of imidazole rings is 1. The Morgan fingerprint density at radius 3 is 2.76 bits per heavy atom. The van der Waals surface area contributed by atoms with Crippen LogP contribution in [0.3, 0.4) is 0 Å². The summed E-state index contributed by atoms with van der Waals surface area (Å²) in [7, 11) is 0. The molecule has 0 saturated carbocycles. The molecule has 0 unspecified atom stereocenters. The Bertz CT molecular complexity index is 926. The molecule has 8 nitrogen and oxygen atoms in total. The fourth-order valence-electron chi connectivity index (χ4n) is 2.19. The first-order valence-corrected chi connectivity index (χ1v) is 6.03. The fourth-order valence-corrected chi connectivity index (χ4v) is 2.19. The molecular weight excluding hydrogens is 276 g/mol. The SMILES string of the molecule is Cc1nc2[nH]c(=O)[nH]c2cc1-c1ccc(O)c([N+](=O)[O-])c1. The molecule has 2 heterocycles. The predicted molar refractivity (Wildman–Crippen MR) is 75.2 cm³/mol. The van der Waals surface area contributed by atoms with Gasteiger partial charge in [-0.1, -0.05) is 6.07 Å². The summed E-state index contributed by atoms with van der Waals surface area (Å²) >= 11 is 0. The van der Waals surface area contributed by atoms with Crippen molar-refractivity contribution in [3.63, 3.8) is 0 Å². The lowest BCUT2D eigenvalue weighted by atomic mass is 10.0. The zero-order valence-electron chi connectivity index (χ0n) is 10.9. The number of phenols is 1. The van der Waals surface area contributed by atoms with Gasteiger partial charge < -0.3 is 10.1 Å². The van der Waals surface area contributed by atoms with Gasteiger partial charge >= 0.3 is 11.4 Å². The average molecular weight is 286 g/mol. The normalized spacial score (nSPS) is 10.9. The molecule has 0 aliphatic rings. The Kier molecular flexibility index (Phi) is 2.72. The number of rotatable bonds is 2. The van der Waals surface area contributed by atoms with E-state index in [1.165, 1.54) is 12.1 Å². The van der Waals surface area contributed by atoms with Gasteiger partial charge in [0.25, 0.3) is 0 Å². The number of phenolic OH excluding ortho intramolecular Hbond substituents is 1. The summed E-state index contributed by atoms with van der Waals surface area (Å²) in [4.78, 5) is 30.9. The Labute approximate surface area is 117 Å². The number of hydrogen-bond acceptors (Lipinski definition) is 5. The molecule has 2 aromatic heterocycles. The van der Waals surface area contributed by atoms with Gasteiger partial charge in [-0.2, -0.15) is 0 Å². The van der Waals surface area contributed by atoms with Gasteiger partial charge in [0.1, 0.15) is 0 Å². The van der Waals surface area contributed by atoms with Crippen LogP contribution in [-0.2, 0) is 0 Å². The lowest BCUT2D eigenvalue weighted by molar-refractivity contribution is -0.385. The van der Waals surface area contributed by atoms with Crippen LogP contribution in [0.5, 0.6) is 5.75 Å². The molecule has 0 bridgehead atoms. The van der Waals surface area contributed by atoms with Crippen LogP contribution in [0.4, 0.5) is 5.69 Å². The smallest absolute Gasteiger partial charge is 0.325 e. The summed E-state index contributed by atoms with van der Waals surface area (Å²) in [6.45, 7) is 1.73. The maximum absolute atomic E-state index is 11.3. The van der Waals surface area contributed by atoms with Crippen molar-refractivity contribution in [3.8, 4) is 16.9 Å². The number of aromatic hydroxyl groups is 1. The van der Waals surface area contributed by atoms with E-state index in [9.17, 15) is 20.0 Å². The highest BCUT2D eigenvalue weighted by molar-refractivity contribution is 5.80. The number of nitrogens with one attached hydrogen (secondary N) is 2. The Hall–Kier alpha value is -3.16. The van der Waals surface area contributed by atoms with E-state index in [1.807, 2.05) is 0 Å². The van der Waals surface area contributed by atoms with E-state index in [4.69, 9.17) is 0 Å². The Balaban J connectivity index is 2.24. The molecule has 0 atom stereocenters. The van der Waals surface area contributed by atoms with E-state index in [-0.39, 0.29) is 11.4 Å². The van der Waals surface area contributed by atoms with Crippen LogP contribution >= 0.6 is 0 Å². The van der Waals surface area contributed by atoms with Crippen molar-refractivity contribution < 1.29 is 10.0 Å². The van der Waals surface area contributed by atoms with Gasteiger partial charge in [-0.25, -0.2) is 9.78 Å². The van der Waals surface area contributed by atoms with E-state index in [2.05, 4.69) is 15.0 Å². The Morgan fingerprint density at radius 1 is 1.29 bits per heavy atom. The zero-order chi connectivity index (χ0) is 15.1. The minimum absolute atomic E-state index is 0.370. The van der Waals surface area contributed by atoms with Crippen molar-refractivity contribution in [1.29, 1.82) is 0 Å². The monoisotopic (exact) mass is 286 g/mol. The van der Waals surface area contributed by atoms with E-state index in [0.717, 1.165) is 0 Å². The summed E-state index contributed by atoms with van der Waals surface area (Å²) in [5.41, 5.74) is 1.97. The van der Waals surface area contributed by atoms with Crippen molar-refractivity contribution in [2.24, 2.45) is 0 Å². The van der Waals surface area contributed by atoms with Crippen LogP contribution in [0.15, 0.2) is 29.1 Å². The number of nitrogens with zero attached hydrogens (tertiary/aromatic N) is 2. The summed E-state index contributed by atoms with van der Waals surface area (Å²) in [5, 5.41) is 20.4. The first-order valence-electron chi connectivity index (χ1n) is 6.03. The number of benzene rings is 1. The minimum Gasteiger partial charge on any atom is -0.502 e. The second kappa shape index (κ2) is 4.44. The summed E-state index contributed by atoms with van der Waals surface area (Å²) in [5.74, 6) is -0.398. The first kappa shape index (κ1) is 12.9. The number of aromatic amines is 2. The van der Waals surface area contributed by atoms with Gasteiger partial charge in [-0.05, 0) is 24.6 Å². The standard InChI is InChI=1S/C13H10N4O4/c1-6-8(5-9-12(14-6)16-13(19)15-9)7-2-3-11(18)10(4-7)17(20)21/h2-5,18H,1H3,(H2,14,15,16,19). The van der Waals surface area contributed by atoms with Gasteiger partial charge in [-0.3, -0.25) is 15.1 Å². The maximum Gasteiger partial charge on any atom is 0.325 e. The molecule has 3 aromatic rings. The number of fused-ring (bicyclic) bond motifs is 1. The largest absolute Gasteiger partial charge is 0.502 e. The second-order valence-corrected chi connectivity index (χ2v) is 4.56. The zero-order valence-corrected chi connectivity index (χ0v) is 10.9. The van der Waals surface area contributed by atoms with Crippen molar-refractivity contribution >= 4 is 16.9 Å². The third-order valence-electron chi connectivity index (χ3n) is 3.18. The summed E-state index contributed by atoms with van der Waals surface area (Å²) in [6.07, 6.45) is 0. The van der Waals surface area contributed by atoms with Gasteiger partial charge in [0.15, 0.2) is 11.4 Å². The number of H-pyrrole nitrogens is 2. The molecule has 3 N–H and O–H groups in total. The predicted octanol–water partition coefficient (Wildman–Crippen LogP) is 1.84. The van der Waals surface area contributed by atoms with E-state index < -0.39 is 10.7 Å². The number of nitro groups is 1. The van der Waals surface area contributed by atoms with Crippen LogP contribution < -0.4 is 5.69 Å². The van der Waals surface area contributed by atoms with Gasteiger partial charge in [0.2, 0.25) is 0 Å². The number of pyridine rings is 1. The number of aromatic nitrogens is 3. The molecule has 1 aromatic carbocycles. The van der Waals surface area contributed by atoms with Crippen molar-refractivity contribution in [1.82, 2.24) is 15.0 Å². The molecule has 106 valence electrons. The van der Waals surface area contributed by atoms with Gasteiger partial charge in [0, 0.05) is 17.3 Å². The molecule has 0 aliphatic carbocycles. The van der Waals surface area contributed by atoms with Gasteiger partial charge in [-0.15, -0.1) is 0 Å². The number of hydrogen-bond donors (Lipinski definition) is 3. The second-order valence-electron chi connectivity index (χ2n) is 4.56. The minimum atomic E-state index is -0.654. The highest BCUT2D eigenvalue weighted by atomic mass is 16.6. The summed E-state index contributed by atoms with van der Waals surface area (Å²) < 4.78 is 0. The van der Waals surface area contributed by atoms with Gasteiger partial charge in [0.05, 0.1) is 10.4 Å². The van der Waals surface area contributed by atoms with E-state index in [1.54, 1.807) is 19.1 Å². The average Bonchev–Trinajstić information content (AvgIpc) is 2.77. The van der Waals surface area contributed by atoms with Crippen molar-refractivity contribution in [2.45, 2.75) is 6.92 Å². The first-order chi connectivity index (χ1) is 9.95. The molecule has 8 heteroatoms. The molecule has 0 spiro atoms. The van der Waals surface area contributed by atoms with Crippen LogP contribution in [0, 0.1) is 17.0 Å². The molecule has 0 saturated heterocycles. The third kappa shape index (κ3) is 2.12. The molecule has 0 amide bonds. The van der Waals surface area contributed by atoms with E-state index in [0.29, 0.717) is 28.0 Å². The lowest BCUT2D eigenvalue weighted by Crippen LogP contribution is -1.99. The van der Waals surface area contributed by atoms with Crippen LogP contribution in [0.2, 0.25) is 0 Å². The molecule has 0 fully saturated rings. The van der Waals surface area contributed by atoms with Crippen molar-refractivity contribution in [3.05, 3.63) is 50.6 Å². The van der Waals surface area contributed by atoms with Crippen LogP contribution in [-0.4, -0.2) is 25.0 Å². The van der Waals surface area contributed by atoms with E-state index >= 15 is 0 Å². The van der Waals surface area contributed by atoms with Crippen molar-refractivity contribution in [2.75, 3.05) is 0 Å². The number of aryl methyl sites for hydroxylation is 1. The topological polar surface area (TPSA) is 125 Å². The summed E-state index contributed by atoms with van der Waals surface area (Å²) in [6, 6.07) is 5.78. The van der Waals surface area contributed by atoms with Crippen LogP contribution in [0.1, 0.15) is 5.69 Å². The number of nitro benzene ring substituents is 1. The molecule has 21 heavy (non-hydrogen) atoms. The molecule has 0 radical (unpaired) electrons.